The molecule has 2 heterocycles. The molecule has 2 aromatic carbocycles. The minimum Gasteiger partial charge on any atom is -0.497 e. The van der Waals surface area contributed by atoms with Crippen molar-refractivity contribution in [1.82, 2.24) is 20.5 Å². The molecule has 0 bridgehead atoms. The molecular weight excluding hydrogens is 440 g/mol. The van der Waals surface area contributed by atoms with Gasteiger partial charge >= 0.3 is 0 Å². The van der Waals surface area contributed by atoms with Crippen molar-refractivity contribution < 1.29 is 18.7 Å². The fraction of sp³-hybridized carbons (Fsp3) is 0.167. The summed E-state index contributed by atoms with van der Waals surface area (Å²) in [5.74, 6) is 1.89. The van der Waals surface area contributed by atoms with Gasteiger partial charge in [-0.15, -0.1) is 10.2 Å². The molecule has 0 aliphatic rings. The molecule has 0 saturated carbocycles. The van der Waals surface area contributed by atoms with Crippen molar-refractivity contribution in [2.75, 3.05) is 12.9 Å². The van der Waals surface area contributed by atoms with Crippen molar-refractivity contribution in [3.63, 3.8) is 0 Å². The van der Waals surface area contributed by atoms with Gasteiger partial charge in [-0.05, 0) is 54.1 Å². The fourth-order valence-electron chi connectivity index (χ4n) is 2.88. The Morgan fingerprint density at radius 2 is 1.91 bits per heavy atom. The van der Waals surface area contributed by atoms with Gasteiger partial charge in [-0.25, -0.2) is 0 Å². The molecule has 0 aliphatic heterocycles. The standard InChI is InChI=1S/C24H22N4O4S/c1-30-20-10-8-18(9-11-20)23-27-28-24(32-23)33-16-22(29)26-14-17-5-4-7-21(13-17)31-15-19-6-2-3-12-25-19/h2-13H,14-16H2,1H3,(H,26,29). The second-order valence-electron chi connectivity index (χ2n) is 6.92. The fourth-order valence-corrected chi connectivity index (χ4v) is 3.48. The molecule has 0 fully saturated rings. The molecule has 0 saturated heterocycles. The Morgan fingerprint density at radius 1 is 1.03 bits per heavy atom. The number of nitrogens with one attached hydrogen (secondary N) is 1. The Balaban J connectivity index is 1.23. The van der Waals surface area contributed by atoms with Gasteiger partial charge < -0.3 is 19.2 Å². The number of carbonyl (C=O) groups excluding carboxylic acids is 1. The van der Waals surface area contributed by atoms with E-state index in [0.717, 1.165) is 28.3 Å². The van der Waals surface area contributed by atoms with Crippen LogP contribution in [0.2, 0.25) is 0 Å². The van der Waals surface area contributed by atoms with Crippen LogP contribution in [0.5, 0.6) is 11.5 Å². The van der Waals surface area contributed by atoms with Crippen LogP contribution in [0.15, 0.2) is 82.6 Å². The highest BCUT2D eigenvalue weighted by molar-refractivity contribution is 7.99. The van der Waals surface area contributed by atoms with Gasteiger partial charge in [0.15, 0.2) is 0 Å². The lowest BCUT2D eigenvalue weighted by Gasteiger charge is -2.08. The summed E-state index contributed by atoms with van der Waals surface area (Å²) in [7, 11) is 1.61. The molecule has 33 heavy (non-hydrogen) atoms. The number of thioether (sulfide) groups is 1. The summed E-state index contributed by atoms with van der Waals surface area (Å²) in [6.07, 6.45) is 1.73. The summed E-state index contributed by atoms with van der Waals surface area (Å²) < 4.78 is 16.6. The van der Waals surface area contributed by atoms with Gasteiger partial charge in [0.25, 0.3) is 5.22 Å². The molecule has 4 rings (SSSR count). The molecule has 4 aromatic rings. The maximum atomic E-state index is 12.3. The molecular formula is C24H22N4O4S. The number of nitrogens with zero attached hydrogens (tertiary/aromatic N) is 3. The zero-order valence-corrected chi connectivity index (χ0v) is 18.7. The highest BCUT2D eigenvalue weighted by atomic mass is 32.2. The van der Waals surface area contributed by atoms with Gasteiger partial charge in [-0.3, -0.25) is 9.78 Å². The number of methoxy groups -OCH3 is 1. The number of aromatic nitrogens is 3. The molecule has 2 aromatic heterocycles. The van der Waals surface area contributed by atoms with Crippen molar-refractivity contribution in [3.05, 3.63) is 84.2 Å². The van der Waals surface area contributed by atoms with Crippen molar-refractivity contribution in [2.24, 2.45) is 0 Å². The van der Waals surface area contributed by atoms with E-state index < -0.39 is 0 Å². The zero-order valence-electron chi connectivity index (χ0n) is 17.9. The molecule has 0 spiro atoms. The number of rotatable bonds is 10. The number of ether oxygens (including phenoxy) is 2. The summed E-state index contributed by atoms with van der Waals surface area (Å²) in [4.78, 5) is 16.5. The zero-order chi connectivity index (χ0) is 22.9. The van der Waals surface area contributed by atoms with Crippen molar-refractivity contribution in [2.45, 2.75) is 18.4 Å². The molecule has 0 radical (unpaired) electrons. The second kappa shape index (κ2) is 11.1. The molecule has 1 amide bonds. The number of pyridine rings is 1. The molecule has 9 heteroatoms. The van der Waals surface area contributed by atoms with E-state index in [4.69, 9.17) is 13.9 Å². The first kappa shape index (κ1) is 22.3. The third kappa shape index (κ3) is 6.56. The maximum Gasteiger partial charge on any atom is 0.277 e. The first-order valence-electron chi connectivity index (χ1n) is 10.2. The van der Waals surface area contributed by atoms with Gasteiger partial charge in [-0.2, -0.15) is 0 Å². The predicted octanol–water partition coefficient (Wildman–Crippen LogP) is 4.13. The summed E-state index contributed by atoms with van der Waals surface area (Å²) in [5, 5.41) is 11.3. The first-order chi connectivity index (χ1) is 16.2. The van der Waals surface area contributed by atoms with E-state index in [2.05, 4.69) is 20.5 Å². The van der Waals surface area contributed by atoms with Crippen LogP contribution in [0.4, 0.5) is 0 Å². The highest BCUT2D eigenvalue weighted by Crippen LogP contribution is 2.24. The molecule has 0 aliphatic carbocycles. The van der Waals surface area contributed by atoms with E-state index in [1.807, 2.05) is 66.7 Å². The minimum atomic E-state index is -0.135. The molecule has 1 N–H and O–H groups in total. The van der Waals surface area contributed by atoms with E-state index in [1.165, 1.54) is 11.8 Å². The molecule has 8 nitrogen and oxygen atoms in total. The van der Waals surface area contributed by atoms with Crippen LogP contribution in [0, 0.1) is 0 Å². The van der Waals surface area contributed by atoms with E-state index in [0.29, 0.717) is 24.3 Å². The van der Waals surface area contributed by atoms with Crippen LogP contribution < -0.4 is 14.8 Å². The Morgan fingerprint density at radius 3 is 2.70 bits per heavy atom. The van der Waals surface area contributed by atoms with E-state index >= 15 is 0 Å². The number of hydrogen-bond acceptors (Lipinski definition) is 8. The Bertz CT molecular complexity index is 1180. The van der Waals surface area contributed by atoms with Crippen LogP contribution in [0.3, 0.4) is 0 Å². The van der Waals surface area contributed by atoms with Crippen LogP contribution >= 0.6 is 11.8 Å². The Labute approximate surface area is 195 Å². The normalized spacial score (nSPS) is 10.6. The van der Waals surface area contributed by atoms with Crippen molar-refractivity contribution >= 4 is 17.7 Å². The minimum absolute atomic E-state index is 0.135. The van der Waals surface area contributed by atoms with Crippen LogP contribution in [0.1, 0.15) is 11.3 Å². The Hall–Kier alpha value is -3.85. The monoisotopic (exact) mass is 462 g/mol. The summed E-state index contributed by atoms with van der Waals surface area (Å²) >= 11 is 1.19. The number of amides is 1. The third-order valence-electron chi connectivity index (χ3n) is 4.57. The van der Waals surface area contributed by atoms with E-state index in [1.54, 1.807) is 13.3 Å². The topological polar surface area (TPSA) is 99.4 Å². The van der Waals surface area contributed by atoms with E-state index in [-0.39, 0.29) is 11.7 Å². The summed E-state index contributed by atoms with van der Waals surface area (Å²) in [5.41, 5.74) is 2.57. The average molecular weight is 463 g/mol. The lowest BCUT2D eigenvalue weighted by atomic mass is 10.2. The number of hydrogen-bond donors (Lipinski definition) is 1. The van der Waals surface area contributed by atoms with Gasteiger partial charge in [0.2, 0.25) is 11.8 Å². The van der Waals surface area contributed by atoms with Crippen molar-refractivity contribution in [3.8, 4) is 23.0 Å². The highest BCUT2D eigenvalue weighted by Gasteiger charge is 2.11. The Kier molecular flexibility index (Phi) is 7.55. The van der Waals surface area contributed by atoms with Gasteiger partial charge in [0.05, 0.1) is 18.6 Å². The maximum absolute atomic E-state index is 12.3. The third-order valence-corrected chi connectivity index (χ3v) is 5.39. The van der Waals surface area contributed by atoms with Gasteiger partial charge in [0.1, 0.15) is 18.1 Å². The largest absolute Gasteiger partial charge is 0.497 e. The number of benzene rings is 2. The number of carbonyl (C=O) groups is 1. The van der Waals surface area contributed by atoms with Gasteiger partial charge in [0, 0.05) is 18.3 Å². The molecule has 168 valence electrons. The predicted molar refractivity (Wildman–Crippen MR) is 124 cm³/mol. The SMILES string of the molecule is COc1ccc(-c2nnc(SCC(=O)NCc3cccc(OCc4ccccn4)c3)o2)cc1. The lowest BCUT2D eigenvalue weighted by Crippen LogP contribution is -2.24. The average Bonchev–Trinajstić information content (AvgIpc) is 3.35. The quantitative estimate of drug-likeness (QED) is 0.351. The van der Waals surface area contributed by atoms with Crippen LogP contribution in [0.25, 0.3) is 11.5 Å². The van der Waals surface area contributed by atoms with Crippen molar-refractivity contribution in [1.29, 1.82) is 0 Å². The molecule has 0 atom stereocenters. The summed E-state index contributed by atoms with van der Waals surface area (Å²) in [6.45, 7) is 0.775. The van der Waals surface area contributed by atoms with Crippen LogP contribution in [-0.4, -0.2) is 34.0 Å². The van der Waals surface area contributed by atoms with E-state index in [9.17, 15) is 4.79 Å². The van der Waals surface area contributed by atoms with Gasteiger partial charge in [-0.1, -0.05) is 30.0 Å². The second-order valence-corrected chi connectivity index (χ2v) is 7.85. The summed E-state index contributed by atoms with van der Waals surface area (Å²) in [6, 6.07) is 20.6. The smallest absolute Gasteiger partial charge is 0.277 e. The molecule has 0 unspecified atom stereocenters. The first-order valence-corrected chi connectivity index (χ1v) is 11.2. The lowest BCUT2D eigenvalue weighted by molar-refractivity contribution is -0.118. The van der Waals surface area contributed by atoms with Crippen LogP contribution in [-0.2, 0) is 17.9 Å².